The Morgan fingerprint density at radius 3 is 2.65 bits per heavy atom. The van der Waals surface area contributed by atoms with Crippen LogP contribution in [-0.2, 0) is 11.3 Å². The van der Waals surface area contributed by atoms with Gasteiger partial charge in [-0.2, -0.15) is 0 Å². The van der Waals surface area contributed by atoms with Crippen LogP contribution in [-0.4, -0.2) is 63.9 Å². The predicted molar refractivity (Wildman–Crippen MR) is 96.0 cm³/mol. The number of hydrogen-bond acceptors (Lipinski definition) is 7. The van der Waals surface area contributed by atoms with E-state index in [9.17, 15) is 4.79 Å². The standard InChI is InChI=1S/C18H24N6O2/c1-13-11-23(15-5-3-14(4-6-15)18(25)26-2)10-9-22(13)12-17-19-20-21-24(17)16-7-8-16/h3-6,13,16H,7-12H2,1-2H3/t13-/m1/s1. The third-order valence-corrected chi connectivity index (χ3v) is 5.22. The lowest BCUT2D eigenvalue weighted by Crippen LogP contribution is -2.51. The second kappa shape index (κ2) is 7.03. The Morgan fingerprint density at radius 2 is 2.00 bits per heavy atom. The van der Waals surface area contributed by atoms with Gasteiger partial charge in [0.15, 0.2) is 5.82 Å². The van der Waals surface area contributed by atoms with Crippen LogP contribution in [0, 0.1) is 0 Å². The molecule has 4 rings (SSSR count). The van der Waals surface area contributed by atoms with Gasteiger partial charge < -0.3 is 9.64 Å². The third kappa shape index (κ3) is 3.41. The van der Waals surface area contributed by atoms with Crippen molar-refractivity contribution in [2.24, 2.45) is 0 Å². The molecule has 0 spiro atoms. The van der Waals surface area contributed by atoms with E-state index in [4.69, 9.17) is 4.74 Å². The first-order chi connectivity index (χ1) is 12.7. The topological polar surface area (TPSA) is 76.4 Å². The average molecular weight is 356 g/mol. The fourth-order valence-corrected chi connectivity index (χ4v) is 3.49. The van der Waals surface area contributed by atoms with Gasteiger partial charge >= 0.3 is 5.97 Å². The predicted octanol–water partition coefficient (Wildman–Crippen LogP) is 1.51. The van der Waals surface area contributed by atoms with Crippen LogP contribution in [0.1, 0.15) is 42.0 Å². The third-order valence-electron chi connectivity index (χ3n) is 5.22. The van der Waals surface area contributed by atoms with Crippen molar-refractivity contribution in [3.63, 3.8) is 0 Å². The first kappa shape index (κ1) is 17.0. The number of benzene rings is 1. The Kier molecular flexibility index (Phi) is 4.58. The highest BCUT2D eigenvalue weighted by atomic mass is 16.5. The zero-order valence-corrected chi connectivity index (χ0v) is 15.2. The maximum absolute atomic E-state index is 11.6. The second-order valence-corrected chi connectivity index (χ2v) is 7.07. The summed E-state index contributed by atoms with van der Waals surface area (Å²) >= 11 is 0. The Morgan fingerprint density at radius 1 is 1.23 bits per heavy atom. The number of methoxy groups -OCH3 is 1. The van der Waals surface area contributed by atoms with Gasteiger partial charge in [-0.25, -0.2) is 9.48 Å². The highest BCUT2D eigenvalue weighted by Crippen LogP contribution is 2.34. The summed E-state index contributed by atoms with van der Waals surface area (Å²) < 4.78 is 6.75. The van der Waals surface area contributed by atoms with Crippen molar-refractivity contribution in [3.8, 4) is 0 Å². The van der Waals surface area contributed by atoms with Crippen LogP contribution >= 0.6 is 0 Å². The minimum Gasteiger partial charge on any atom is -0.465 e. The van der Waals surface area contributed by atoms with Crippen molar-refractivity contribution in [1.82, 2.24) is 25.1 Å². The highest BCUT2D eigenvalue weighted by molar-refractivity contribution is 5.89. The van der Waals surface area contributed by atoms with Crippen LogP contribution in [0.25, 0.3) is 0 Å². The van der Waals surface area contributed by atoms with E-state index in [-0.39, 0.29) is 5.97 Å². The number of rotatable bonds is 5. The molecular weight excluding hydrogens is 332 g/mol. The number of piperazine rings is 1. The molecule has 1 aromatic carbocycles. The molecular formula is C18H24N6O2. The summed E-state index contributed by atoms with van der Waals surface area (Å²) in [6, 6.07) is 8.52. The van der Waals surface area contributed by atoms with E-state index >= 15 is 0 Å². The Balaban J connectivity index is 1.38. The quantitative estimate of drug-likeness (QED) is 0.752. The minimum atomic E-state index is -0.303. The monoisotopic (exact) mass is 356 g/mol. The molecule has 2 aromatic rings. The van der Waals surface area contributed by atoms with Crippen LogP contribution in [0.4, 0.5) is 5.69 Å². The zero-order valence-electron chi connectivity index (χ0n) is 15.2. The molecule has 1 aromatic heterocycles. The summed E-state index contributed by atoms with van der Waals surface area (Å²) in [6.07, 6.45) is 2.37. The molecule has 1 aliphatic carbocycles. The number of ether oxygens (including phenoxy) is 1. The maximum atomic E-state index is 11.6. The summed E-state index contributed by atoms with van der Waals surface area (Å²) in [5.41, 5.74) is 1.71. The van der Waals surface area contributed by atoms with Crippen molar-refractivity contribution in [2.75, 3.05) is 31.6 Å². The smallest absolute Gasteiger partial charge is 0.337 e. The van der Waals surface area contributed by atoms with Gasteiger partial charge in [0, 0.05) is 31.4 Å². The fourth-order valence-electron chi connectivity index (χ4n) is 3.49. The zero-order chi connectivity index (χ0) is 18.1. The van der Waals surface area contributed by atoms with Gasteiger partial charge in [-0.05, 0) is 54.5 Å². The molecule has 2 heterocycles. The Bertz CT molecular complexity index is 770. The largest absolute Gasteiger partial charge is 0.465 e. The average Bonchev–Trinajstić information content (AvgIpc) is 3.41. The van der Waals surface area contributed by atoms with Crippen LogP contribution < -0.4 is 4.90 Å². The molecule has 0 N–H and O–H groups in total. The number of carbonyl (C=O) groups excluding carboxylic acids is 1. The number of aromatic nitrogens is 4. The molecule has 2 fully saturated rings. The van der Waals surface area contributed by atoms with Crippen LogP contribution in [0.5, 0.6) is 0 Å². The van der Waals surface area contributed by atoms with E-state index in [0.717, 1.165) is 37.7 Å². The van der Waals surface area contributed by atoms with Crippen LogP contribution in [0.15, 0.2) is 24.3 Å². The molecule has 8 heteroatoms. The summed E-state index contributed by atoms with van der Waals surface area (Å²) in [4.78, 5) is 16.4. The van der Waals surface area contributed by atoms with Gasteiger partial charge in [0.25, 0.3) is 0 Å². The highest BCUT2D eigenvalue weighted by Gasteiger charge is 2.30. The van der Waals surface area contributed by atoms with Gasteiger partial charge in [-0.15, -0.1) is 5.10 Å². The Labute approximate surface area is 152 Å². The van der Waals surface area contributed by atoms with Gasteiger partial charge in [-0.3, -0.25) is 4.90 Å². The molecule has 1 aliphatic heterocycles. The van der Waals surface area contributed by atoms with E-state index in [1.165, 1.54) is 20.0 Å². The minimum absolute atomic E-state index is 0.303. The summed E-state index contributed by atoms with van der Waals surface area (Å²) in [7, 11) is 1.40. The van der Waals surface area contributed by atoms with Crippen molar-refractivity contribution in [1.29, 1.82) is 0 Å². The lowest BCUT2D eigenvalue weighted by molar-refractivity contribution is 0.0600. The lowest BCUT2D eigenvalue weighted by Gasteiger charge is -2.40. The number of tetrazole rings is 1. The van der Waals surface area contributed by atoms with E-state index in [2.05, 4.69) is 32.2 Å². The van der Waals surface area contributed by atoms with E-state index < -0.39 is 0 Å². The first-order valence-corrected chi connectivity index (χ1v) is 9.10. The van der Waals surface area contributed by atoms with E-state index in [1.54, 1.807) is 0 Å². The van der Waals surface area contributed by atoms with Crippen molar-refractivity contribution in [2.45, 2.75) is 38.4 Å². The van der Waals surface area contributed by atoms with Gasteiger partial charge in [0.1, 0.15) is 0 Å². The van der Waals surface area contributed by atoms with Crippen molar-refractivity contribution >= 4 is 11.7 Å². The normalized spacial score (nSPS) is 21.0. The first-order valence-electron chi connectivity index (χ1n) is 9.10. The number of esters is 1. The molecule has 0 amide bonds. The molecule has 26 heavy (non-hydrogen) atoms. The van der Waals surface area contributed by atoms with E-state index in [1.807, 2.05) is 28.9 Å². The van der Waals surface area contributed by atoms with Crippen molar-refractivity contribution in [3.05, 3.63) is 35.7 Å². The fraction of sp³-hybridized carbons (Fsp3) is 0.556. The van der Waals surface area contributed by atoms with Crippen molar-refractivity contribution < 1.29 is 9.53 Å². The number of anilines is 1. The molecule has 0 radical (unpaired) electrons. The van der Waals surface area contributed by atoms with Gasteiger partial charge in [0.2, 0.25) is 0 Å². The molecule has 1 saturated heterocycles. The summed E-state index contributed by atoms with van der Waals surface area (Å²) in [6.45, 7) is 5.85. The molecule has 2 aliphatic rings. The number of carbonyl (C=O) groups is 1. The SMILES string of the molecule is COC(=O)c1ccc(N2CCN(Cc3nnnn3C3CC3)[C@H](C)C2)cc1. The molecule has 138 valence electrons. The number of hydrogen-bond donors (Lipinski definition) is 0. The van der Waals surface area contributed by atoms with Crippen LogP contribution in [0.2, 0.25) is 0 Å². The summed E-state index contributed by atoms with van der Waals surface area (Å²) in [5.74, 6) is 0.665. The summed E-state index contributed by atoms with van der Waals surface area (Å²) in [5, 5.41) is 12.2. The van der Waals surface area contributed by atoms with E-state index in [0.29, 0.717) is 17.6 Å². The molecule has 0 bridgehead atoms. The molecule has 0 unspecified atom stereocenters. The number of nitrogens with zero attached hydrogens (tertiary/aromatic N) is 6. The molecule has 8 nitrogen and oxygen atoms in total. The van der Waals surface area contributed by atoms with Gasteiger partial charge in [0.05, 0.1) is 25.3 Å². The second-order valence-electron chi connectivity index (χ2n) is 7.07. The van der Waals surface area contributed by atoms with Crippen LogP contribution in [0.3, 0.4) is 0 Å². The molecule has 1 atom stereocenters. The van der Waals surface area contributed by atoms with Gasteiger partial charge in [-0.1, -0.05) is 0 Å². The maximum Gasteiger partial charge on any atom is 0.337 e. The Hall–Kier alpha value is -2.48. The lowest BCUT2D eigenvalue weighted by atomic mass is 10.1. The molecule has 1 saturated carbocycles.